The third kappa shape index (κ3) is 2.31. The van der Waals surface area contributed by atoms with Crippen LogP contribution in [0.1, 0.15) is 22.8 Å². The Balaban J connectivity index is 1.83. The lowest BCUT2D eigenvalue weighted by atomic mass is 9.89. The maximum Gasteiger partial charge on any atom is 0.339 e. The van der Waals surface area contributed by atoms with Crippen molar-refractivity contribution < 1.29 is 14.3 Å². The number of hydrogen-bond donors (Lipinski definition) is 1. The minimum Gasteiger partial charge on any atom is -0.445 e. The van der Waals surface area contributed by atoms with E-state index < -0.39 is 11.6 Å². The number of ether oxygens (including phenoxy) is 1. The minimum atomic E-state index is -1.18. The molecule has 2 heterocycles. The number of carbonyl (C=O) groups is 2. The van der Waals surface area contributed by atoms with Gasteiger partial charge in [0.2, 0.25) is 0 Å². The van der Waals surface area contributed by atoms with Gasteiger partial charge >= 0.3 is 5.97 Å². The van der Waals surface area contributed by atoms with Crippen LogP contribution < -0.4 is 5.32 Å². The summed E-state index contributed by atoms with van der Waals surface area (Å²) in [5.41, 5.74) is 0.185. The molecule has 0 bridgehead atoms. The van der Waals surface area contributed by atoms with Gasteiger partial charge in [-0.05, 0) is 18.6 Å². The molecule has 1 N–H and O–H groups in total. The zero-order valence-corrected chi connectivity index (χ0v) is 11.8. The molecule has 0 fully saturated rings. The van der Waals surface area contributed by atoms with Gasteiger partial charge in [-0.1, -0.05) is 30.0 Å². The smallest absolute Gasteiger partial charge is 0.339 e. The monoisotopic (exact) mass is 290 g/mol. The number of thioether (sulfide) groups is 1. The van der Waals surface area contributed by atoms with Gasteiger partial charge in [-0.25, -0.2) is 4.79 Å². The fraction of sp³-hybridized carbons (Fsp3) is 0.357. The van der Waals surface area contributed by atoms with Crippen molar-refractivity contribution in [3.63, 3.8) is 0 Å². The molecule has 0 saturated carbocycles. The molecule has 0 aliphatic carbocycles. The average Bonchev–Trinajstić information content (AvgIpc) is 2.91. The van der Waals surface area contributed by atoms with Crippen molar-refractivity contribution in [1.29, 1.82) is 0 Å². The molecule has 0 aromatic heterocycles. The number of hydrogen-bond acceptors (Lipinski definition) is 5. The number of benzene rings is 1. The molecule has 0 radical (unpaired) electrons. The second-order valence-electron chi connectivity index (χ2n) is 4.94. The Kier molecular flexibility index (Phi) is 3.25. The van der Waals surface area contributed by atoms with Gasteiger partial charge in [0.25, 0.3) is 5.91 Å². The molecule has 20 heavy (non-hydrogen) atoms. The molecule has 104 valence electrons. The van der Waals surface area contributed by atoms with Gasteiger partial charge in [-0.2, -0.15) is 0 Å². The van der Waals surface area contributed by atoms with Crippen LogP contribution in [0.15, 0.2) is 29.3 Å². The van der Waals surface area contributed by atoms with Gasteiger partial charge in [0.15, 0.2) is 10.8 Å². The topological polar surface area (TPSA) is 67.8 Å². The van der Waals surface area contributed by atoms with E-state index in [1.807, 2.05) is 12.1 Å². The van der Waals surface area contributed by atoms with Crippen LogP contribution in [-0.4, -0.2) is 34.9 Å². The number of carbonyl (C=O) groups excluding carboxylic acids is 2. The van der Waals surface area contributed by atoms with E-state index in [4.69, 9.17) is 4.74 Å². The predicted molar refractivity (Wildman–Crippen MR) is 76.9 cm³/mol. The fourth-order valence-corrected chi connectivity index (χ4v) is 3.02. The van der Waals surface area contributed by atoms with Crippen molar-refractivity contribution in [3.8, 4) is 0 Å². The third-order valence-electron chi connectivity index (χ3n) is 3.37. The SMILES string of the molecule is C[C@@]1(C(=O)NC2=NCCS2)Cc2ccccc2C(=O)O1. The van der Waals surface area contributed by atoms with E-state index >= 15 is 0 Å². The highest BCUT2D eigenvalue weighted by Crippen LogP contribution is 2.28. The summed E-state index contributed by atoms with van der Waals surface area (Å²) < 4.78 is 5.36. The summed E-state index contributed by atoms with van der Waals surface area (Å²) in [6.45, 7) is 2.34. The summed E-state index contributed by atoms with van der Waals surface area (Å²) in [7, 11) is 0. The zero-order valence-electron chi connectivity index (χ0n) is 11.0. The molecule has 0 saturated heterocycles. The first kappa shape index (κ1) is 13.2. The number of cyclic esters (lactones) is 1. The van der Waals surface area contributed by atoms with Crippen LogP contribution in [-0.2, 0) is 16.0 Å². The highest BCUT2D eigenvalue weighted by Gasteiger charge is 2.43. The van der Waals surface area contributed by atoms with E-state index in [-0.39, 0.29) is 5.91 Å². The van der Waals surface area contributed by atoms with Crippen molar-refractivity contribution in [2.45, 2.75) is 18.9 Å². The molecule has 1 amide bonds. The Morgan fingerprint density at radius 1 is 1.45 bits per heavy atom. The van der Waals surface area contributed by atoms with Crippen molar-refractivity contribution in [2.75, 3.05) is 12.3 Å². The molecule has 3 rings (SSSR count). The molecule has 1 aromatic carbocycles. The normalized spacial score (nSPS) is 24.6. The van der Waals surface area contributed by atoms with Crippen molar-refractivity contribution >= 4 is 28.8 Å². The lowest BCUT2D eigenvalue weighted by Gasteiger charge is -2.32. The summed E-state index contributed by atoms with van der Waals surface area (Å²) in [6.07, 6.45) is 0.374. The van der Waals surface area contributed by atoms with Crippen LogP contribution in [0.3, 0.4) is 0 Å². The first-order chi connectivity index (χ1) is 9.58. The van der Waals surface area contributed by atoms with Gasteiger partial charge in [0.05, 0.1) is 12.1 Å². The number of aliphatic imine (C=N–C) groups is 1. The zero-order chi connectivity index (χ0) is 14.2. The number of nitrogens with zero attached hydrogens (tertiary/aromatic N) is 1. The molecular weight excluding hydrogens is 276 g/mol. The highest BCUT2D eigenvalue weighted by atomic mass is 32.2. The first-order valence-electron chi connectivity index (χ1n) is 6.38. The summed E-state index contributed by atoms with van der Waals surface area (Å²) in [6, 6.07) is 7.20. The standard InChI is InChI=1S/C14H14N2O3S/c1-14(12(18)16-13-15-6-7-20-13)8-9-4-2-3-5-10(9)11(17)19-14/h2-5H,6-8H2,1H3,(H,15,16,18)/t14-/m0/s1. The summed E-state index contributed by atoms with van der Waals surface area (Å²) in [5.74, 6) is 0.0913. The van der Waals surface area contributed by atoms with Crippen molar-refractivity contribution in [2.24, 2.45) is 4.99 Å². The Hall–Kier alpha value is -1.82. The van der Waals surface area contributed by atoms with E-state index in [9.17, 15) is 9.59 Å². The number of amides is 1. The van der Waals surface area contributed by atoms with Crippen LogP contribution in [0.25, 0.3) is 0 Å². The average molecular weight is 290 g/mol. The summed E-state index contributed by atoms with van der Waals surface area (Å²) in [4.78, 5) is 28.5. The Bertz CT molecular complexity index is 614. The van der Waals surface area contributed by atoms with Gasteiger partial charge in [-0.15, -0.1) is 0 Å². The first-order valence-corrected chi connectivity index (χ1v) is 7.37. The number of nitrogens with one attached hydrogen (secondary N) is 1. The maximum atomic E-state index is 12.3. The summed E-state index contributed by atoms with van der Waals surface area (Å²) in [5, 5.41) is 3.34. The van der Waals surface area contributed by atoms with Crippen molar-refractivity contribution in [1.82, 2.24) is 5.32 Å². The third-order valence-corrected chi connectivity index (χ3v) is 4.26. The number of amidine groups is 1. The van der Waals surface area contributed by atoms with Crippen LogP contribution >= 0.6 is 11.8 Å². The highest BCUT2D eigenvalue weighted by molar-refractivity contribution is 8.14. The Morgan fingerprint density at radius 3 is 3.00 bits per heavy atom. The molecule has 6 heteroatoms. The molecular formula is C14H14N2O3S. The lowest BCUT2D eigenvalue weighted by Crippen LogP contribution is -2.52. The Labute approximate surface area is 120 Å². The fourth-order valence-electron chi connectivity index (χ4n) is 2.30. The largest absolute Gasteiger partial charge is 0.445 e. The lowest BCUT2D eigenvalue weighted by molar-refractivity contribution is -0.138. The van der Waals surface area contributed by atoms with Gasteiger partial charge in [-0.3, -0.25) is 9.79 Å². The number of esters is 1. The molecule has 2 aliphatic heterocycles. The number of fused-ring (bicyclic) bond motifs is 1. The number of rotatable bonds is 1. The van der Waals surface area contributed by atoms with E-state index in [1.54, 1.807) is 19.1 Å². The predicted octanol–water partition coefficient (Wildman–Crippen LogP) is 1.38. The quantitative estimate of drug-likeness (QED) is 0.793. The Morgan fingerprint density at radius 2 is 2.25 bits per heavy atom. The second kappa shape index (κ2) is 4.94. The van der Waals surface area contributed by atoms with Crippen molar-refractivity contribution in [3.05, 3.63) is 35.4 Å². The molecule has 2 aliphatic rings. The van der Waals surface area contributed by atoms with Gasteiger partial charge in [0.1, 0.15) is 0 Å². The molecule has 5 nitrogen and oxygen atoms in total. The van der Waals surface area contributed by atoms with E-state index in [2.05, 4.69) is 10.3 Å². The molecule has 0 unspecified atom stereocenters. The second-order valence-corrected chi connectivity index (χ2v) is 6.03. The van der Waals surface area contributed by atoms with E-state index in [0.29, 0.717) is 23.7 Å². The van der Waals surface area contributed by atoms with Crippen LogP contribution in [0.4, 0.5) is 0 Å². The minimum absolute atomic E-state index is 0.325. The van der Waals surface area contributed by atoms with E-state index in [1.165, 1.54) is 11.8 Å². The molecule has 1 aromatic rings. The molecule has 0 spiro atoms. The maximum absolute atomic E-state index is 12.3. The molecule has 1 atom stereocenters. The van der Waals surface area contributed by atoms with Crippen LogP contribution in [0.5, 0.6) is 0 Å². The summed E-state index contributed by atoms with van der Waals surface area (Å²) >= 11 is 1.50. The van der Waals surface area contributed by atoms with Gasteiger partial charge in [0, 0.05) is 12.2 Å². The van der Waals surface area contributed by atoms with Gasteiger partial charge < -0.3 is 10.1 Å². The van der Waals surface area contributed by atoms with Crippen LogP contribution in [0, 0.1) is 0 Å². The van der Waals surface area contributed by atoms with E-state index in [0.717, 1.165) is 11.3 Å². The van der Waals surface area contributed by atoms with Crippen LogP contribution in [0.2, 0.25) is 0 Å².